The van der Waals surface area contributed by atoms with Crippen molar-refractivity contribution in [1.82, 2.24) is 0 Å². The molecule has 0 fully saturated rings. The first kappa shape index (κ1) is 19.4. The molecule has 0 radical (unpaired) electrons. The Hall–Kier alpha value is -1.58. The fraction of sp³-hybridized carbons (Fsp3) is 0.647. The Morgan fingerprint density at radius 2 is 1.48 bits per heavy atom. The Morgan fingerprint density at radius 3 is 1.86 bits per heavy atom. The highest BCUT2D eigenvalue weighted by Gasteiger charge is 2.43. The molecule has 0 saturated carbocycles. The van der Waals surface area contributed by atoms with Crippen LogP contribution in [0.25, 0.3) is 0 Å². The topological polar surface area (TPSA) is 52.6 Å². The summed E-state index contributed by atoms with van der Waals surface area (Å²) in [6.45, 7) is 16.9. The van der Waals surface area contributed by atoms with Crippen LogP contribution in [0.5, 0.6) is 0 Å². The van der Waals surface area contributed by atoms with Crippen molar-refractivity contribution in [1.29, 1.82) is 0 Å². The van der Waals surface area contributed by atoms with E-state index in [0.717, 1.165) is 5.57 Å². The number of hydrogen-bond donors (Lipinski definition) is 0. The zero-order chi connectivity index (χ0) is 16.8. The molecule has 0 aliphatic carbocycles. The standard InChI is InChI=1S/C17H28O4/c1-12(2)11-17(8,16(5,6)7)15(19)21-10-9-20-14(18)13(3)4/h11H,3,9-10H2,1-2,4-8H3. The SMILES string of the molecule is C=C(C)C(=O)OCCOC(=O)C(C)(C=C(C)C)C(C)(C)C. The minimum Gasteiger partial charge on any atom is -0.461 e. The number of hydrogen-bond acceptors (Lipinski definition) is 4. The highest BCUT2D eigenvalue weighted by atomic mass is 16.6. The molecule has 120 valence electrons. The van der Waals surface area contributed by atoms with Gasteiger partial charge in [-0.15, -0.1) is 0 Å². The second-order valence-electron chi connectivity index (χ2n) is 6.73. The molecule has 0 aliphatic rings. The van der Waals surface area contributed by atoms with Gasteiger partial charge in [0.25, 0.3) is 0 Å². The molecule has 0 aromatic carbocycles. The predicted octanol–water partition coefficient (Wildman–Crippen LogP) is 3.67. The van der Waals surface area contributed by atoms with Gasteiger partial charge < -0.3 is 9.47 Å². The Balaban J connectivity index is 4.70. The van der Waals surface area contributed by atoms with Crippen molar-refractivity contribution >= 4 is 11.9 Å². The van der Waals surface area contributed by atoms with Gasteiger partial charge in [0.2, 0.25) is 0 Å². The average Bonchev–Trinajstić information content (AvgIpc) is 2.31. The van der Waals surface area contributed by atoms with Crippen LogP contribution < -0.4 is 0 Å². The van der Waals surface area contributed by atoms with Crippen LogP contribution in [0.2, 0.25) is 0 Å². The van der Waals surface area contributed by atoms with Crippen LogP contribution in [0.1, 0.15) is 48.5 Å². The summed E-state index contributed by atoms with van der Waals surface area (Å²) in [7, 11) is 0. The molecule has 0 aromatic rings. The maximum atomic E-state index is 12.4. The summed E-state index contributed by atoms with van der Waals surface area (Å²) in [5, 5.41) is 0. The van der Waals surface area contributed by atoms with Gasteiger partial charge in [0.05, 0.1) is 5.41 Å². The third-order valence-corrected chi connectivity index (χ3v) is 3.46. The normalized spacial score (nSPS) is 13.9. The molecule has 0 amide bonds. The van der Waals surface area contributed by atoms with Crippen molar-refractivity contribution in [3.05, 3.63) is 23.8 Å². The lowest BCUT2D eigenvalue weighted by Crippen LogP contribution is -2.40. The number of ether oxygens (including phenoxy) is 2. The Bertz CT molecular complexity index is 436. The van der Waals surface area contributed by atoms with Crippen molar-refractivity contribution in [3.63, 3.8) is 0 Å². The van der Waals surface area contributed by atoms with Crippen molar-refractivity contribution in [3.8, 4) is 0 Å². The van der Waals surface area contributed by atoms with Gasteiger partial charge in [-0.2, -0.15) is 0 Å². The van der Waals surface area contributed by atoms with Crippen LogP contribution in [0, 0.1) is 10.8 Å². The molecule has 21 heavy (non-hydrogen) atoms. The van der Waals surface area contributed by atoms with E-state index in [4.69, 9.17) is 9.47 Å². The van der Waals surface area contributed by atoms with E-state index in [1.807, 2.05) is 47.6 Å². The number of esters is 2. The van der Waals surface area contributed by atoms with E-state index in [1.54, 1.807) is 6.92 Å². The molecule has 0 heterocycles. The van der Waals surface area contributed by atoms with Crippen LogP contribution in [-0.2, 0) is 19.1 Å². The summed E-state index contributed by atoms with van der Waals surface area (Å²) < 4.78 is 10.2. The van der Waals surface area contributed by atoms with Gasteiger partial charge in [-0.1, -0.05) is 39.0 Å². The second-order valence-corrected chi connectivity index (χ2v) is 6.73. The third-order valence-electron chi connectivity index (χ3n) is 3.46. The minimum absolute atomic E-state index is 0.0342. The molecule has 4 nitrogen and oxygen atoms in total. The van der Waals surface area contributed by atoms with Gasteiger partial charge in [0.15, 0.2) is 0 Å². The Kier molecular flexibility index (Phi) is 6.88. The Labute approximate surface area is 128 Å². The molecule has 4 heteroatoms. The third kappa shape index (κ3) is 5.74. The zero-order valence-corrected chi connectivity index (χ0v) is 14.3. The van der Waals surface area contributed by atoms with Gasteiger partial charge in [0.1, 0.15) is 13.2 Å². The smallest absolute Gasteiger partial charge is 0.333 e. The predicted molar refractivity (Wildman–Crippen MR) is 83.7 cm³/mol. The maximum absolute atomic E-state index is 12.4. The minimum atomic E-state index is -0.732. The van der Waals surface area contributed by atoms with E-state index in [-0.39, 0.29) is 24.6 Å². The molecular formula is C17H28O4. The first-order chi connectivity index (χ1) is 9.41. The molecule has 0 bridgehead atoms. The van der Waals surface area contributed by atoms with Crippen LogP contribution >= 0.6 is 0 Å². The summed E-state index contributed by atoms with van der Waals surface area (Å²) in [6, 6.07) is 0. The molecule has 0 spiro atoms. The van der Waals surface area contributed by atoms with E-state index >= 15 is 0 Å². The lowest BCUT2D eigenvalue weighted by molar-refractivity contribution is -0.161. The van der Waals surface area contributed by atoms with E-state index in [9.17, 15) is 9.59 Å². The summed E-state index contributed by atoms with van der Waals surface area (Å²) in [4.78, 5) is 23.6. The molecule has 1 atom stereocenters. The fourth-order valence-corrected chi connectivity index (χ4v) is 1.70. The fourth-order valence-electron chi connectivity index (χ4n) is 1.70. The van der Waals surface area contributed by atoms with E-state index < -0.39 is 11.4 Å². The highest BCUT2D eigenvalue weighted by Crippen LogP contribution is 2.41. The van der Waals surface area contributed by atoms with Gasteiger partial charge in [-0.25, -0.2) is 4.79 Å². The quantitative estimate of drug-likeness (QED) is 0.325. The van der Waals surface area contributed by atoms with Gasteiger partial charge >= 0.3 is 11.9 Å². The van der Waals surface area contributed by atoms with Crippen molar-refractivity contribution < 1.29 is 19.1 Å². The summed E-state index contributed by atoms with van der Waals surface area (Å²) in [5.74, 6) is -0.795. The van der Waals surface area contributed by atoms with Crippen LogP contribution in [0.4, 0.5) is 0 Å². The lowest BCUT2D eigenvalue weighted by atomic mass is 9.67. The van der Waals surface area contributed by atoms with Crippen LogP contribution in [0.15, 0.2) is 23.8 Å². The van der Waals surface area contributed by atoms with Crippen molar-refractivity contribution in [2.75, 3.05) is 13.2 Å². The Morgan fingerprint density at radius 1 is 1.00 bits per heavy atom. The molecular weight excluding hydrogens is 268 g/mol. The monoisotopic (exact) mass is 296 g/mol. The van der Waals surface area contributed by atoms with Gasteiger partial charge in [-0.05, 0) is 33.1 Å². The lowest BCUT2D eigenvalue weighted by Gasteiger charge is -2.37. The summed E-state index contributed by atoms with van der Waals surface area (Å²) >= 11 is 0. The average molecular weight is 296 g/mol. The second kappa shape index (κ2) is 7.43. The van der Waals surface area contributed by atoms with E-state index in [1.165, 1.54) is 0 Å². The highest BCUT2D eigenvalue weighted by molar-refractivity contribution is 5.86. The number of carbonyl (C=O) groups is 2. The van der Waals surface area contributed by atoms with E-state index in [2.05, 4.69) is 6.58 Å². The van der Waals surface area contributed by atoms with E-state index in [0.29, 0.717) is 5.57 Å². The van der Waals surface area contributed by atoms with Gasteiger partial charge in [-0.3, -0.25) is 4.79 Å². The summed E-state index contributed by atoms with van der Waals surface area (Å²) in [6.07, 6.45) is 1.93. The van der Waals surface area contributed by atoms with Crippen LogP contribution in [0.3, 0.4) is 0 Å². The molecule has 0 aliphatic heterocycles. The molecule has 1 unspecified atom stereocenters. The van der Waals surface area contributed by atoms with Crippen molar-refractivity contribution in [2.24, 2.45) is 10.8 Å². The first-order valence-electron chi connectivity index (χ1n) is 7.07. The first-order valence-corrected chi connectivity index (χ1v) is 7.07. The van der Waals surface area contributed by atoms with Crippen LogP contribution in [-0.4, -0.2) is 25.2 Å². The zero-order valence-electron chi connectivity index (χ0n) is 14.3. The largest absolute Gasteiger partial charge is 0.461 e. The number of allylic oxidation sites excluding steroid dienone is 1. The molecule has 0 saturated heterocycles. The molecule has 0 aromatic heterocycles. The number of rotatable bonds is 6. The maximum Gasteiger partial charge on any atom is 0.333 e. The van der Waals surface area contributed by atoms with Gasteiger partial charge in [0, 0.05) is 5.57 Å². The molecule has 0 N–H and O–H groups in total. The van der Waals surface area contributed by atoms with Crippen molar-refractivity contribution in [2.45, 2.75) is 48.5 Å². The molecule has 0 rings (SSSR count). The summed E-state index contributed by atoms with van der Waals surface area (Å²) in [5.41, 5.74) is 0.364. The number of carbonyl (C=O) groups excluding carboxylic acids is 2.